The SMILES string of the molecule is O=C(NCC(c1cccs1)N1CCCC1)N1CCN(C2CC2)CC1. The molecule has 1 aliphatic carbocycles. The molecule has 1 atom stereocenters. The van der Waals surface area contributed by atoms with Crippen LogP contribution in [-0.2, 0) is 0 Å². The van der Waals surface area contributed by atoms with Gasteiger partial charge in [-0.3, -0.25) is 9.80 Å². The van der Waals surface area contributed by atoms with E-state index in [9.17, 15) is 4.79 Å². The van der Waals surface area contributed by atoms with E-state index in [4.69, 9.17) is 0 Å². The van der Waals surface area contributed by atoms with Crippen LogP contribution in [0.25, 0.3) is 0 Å². The molecule has 0 spiro atoms. The predicted octanol–water partition coefficient (Wildman–Crippen LogP) is 2.37. The normalized spacial score (nSPS) is 24.2. The molecule has 3 aliphatic rings. The zero-order chi connectivity index (χ0) is 16.4. The number of amides is 2. The van der Waals surface area contributed by atoms with Gasteiger partial charge in [0.1, 0.15) is 0 Å². The number of carbonyl (C=O) groups is 1. The first-order valence-electron chi connectivity index (χ1n) is 9.35. The molecule has 0 bridgehead atoms. The van der Waals surface area contributed by atoms with Gasteiger partial charge < -0.3 is 10.2 Å². The Morgan fingerprint density at radius 3 is 2.54 bits per heavy atom. The molecule has 5 nitrogen and oxygen atoms in total. The van der Waals surface area contributed by atoms with Gasteiger partial charge in [-0.1, -0.05) is 6.07 Å². The quantitative estimate of drug-likeness (QED) is 0.888. The number of hydrogen-bond acceptors (Lipinski definition) is 4. The number of likely N-dealkylation sites (tertiary alicyclic amines) is 1. The van der Waals surface area contributed by atoms with Crippen LogP contribution < -0.4 is 5.32 Å². The molecule has 1 aromatic heterocycles. The lowest BCUT2D eigenvalue weighted by Gasteiger charge is -2.35. The van der Waals surface area contributed by atoms with Crippen LogP contribution in [0, 0.1) is 0 Å². The lowest BCUT2D eigenvalue weighted by molar-refractivity contribution is 0.132. The van der Waals surface area contributed by atoms with Crippen LogP contribution >= 0.6 is 11.3 Å². The van der Waals surface area contributed by atoms with Crippen molar-refractivity contribution in [2.75, 3.05) is 45.8 Å². The van der Waals surface area contributed by atoms with E-state index in [1.807, 2.05) is 4.90 Å². The molecule has 24 heavy (non-hydrogen) atoms. The number of rotatable bonds is 5. The Bertz CT molecular complexity index is 531. The fourth-order valence-electron chi connectivity index (χ4n) is 3.97. The average molecular weight is 349 g/mol. The van der Waals surface area contributed by atoms with Crippen LogP contribution in [-0.4, -0.2) is 72.6 Å². The zero-order valence-corrected chi connectivity index (χ0v) is 15.1. The Hall–Kier alpha value is -1.11. The molecule has 2 aliphatic heterocycles. The summed E-state index contributed by atoms with van der Waals surface area (Å²) in [4.78, 5) is 21.0. The third kappa shape index (κ3) is 3.76. The summed E-state index contributed by atoms with van der Waals surface area (Å²) in [7, 11) is 0. The van der Waals surface area contributed by atoms with E-state index in [0.29, 0.717) is 6.04 Å². The molecule has 2 amide bonds. The van der Waals surface area contributed by atoms with Gasteiger partial charge in [0, 0.05) is 43.6 Å². The number of nitrogens with one attached hydrogen (secondary N) is 1. The predicted molar refractivity (Wildman–Crippen MR) is 97.4 cm³/mol. The van der Waals surface area contributed by atoms with Crippen molar-refractivity contribution < 1.29 is 4.79 Å². The minimum absolute atomic E-state index is 0.117. The molecule has 1 aromatic rings. The van der Waals surface area contributed by atoms with E-state index in [2.05, 4.69) is 32.6 Å². The topological polar surface area (TPSA) is 38.8 Å². The lowest BCUT2D eigenvalue weighted by Crippen LogP contribution is -2.53. The van der Waals surface area contributed by atoms with Gasteiger partial charge >= 0.3 is 6.03 Å². The fourth-order valence-corrected chi connectivity index (χ4v) is 4.83. The summed E-state index contributed by atoms with van der Waals surface area (Å²) in [5.74, 6) is 0. The van der Waals surface area contributed by atoms with Crippen LogP contribution in [0.15, 0.2) is 17.5 Å². The standard InChI is InChI=1S/C18H28N4OS/c23-18(22-11-9-20(10-12-22)15-5-6-15)19-14-16(17-4-3-13-24-17)21-7-1-2-8-21/h3-4,13,15-16H,1-2,5-12,14H2,(H,19,23). The highest BCUT2D eigenvalue weighted by molar-refractivity contribution is 7.10. The Kier molecular flexibility index (Phi) is 5.06. The molecule has 3 heterocycles. The Labute approximate surface area is 148 Å². The Morgan fingerprint density at radius 1 is 1.17 bits per heavy atom. The molecule has 2 saturated heterocycles. The second kappa shape index (κ2) is 7.42. The molecule has 4 rings (SSSR count). The second-order valence-electron chi connectivity index (χ2n) is 7.21. The fraction of sp³-hybridized carbons (Fsp3) is 0.722. The van der Waals surface area contributed by atoms with Gasteiger partial charge in [-0.05, 0) is 50.2 Å². The highest BCUT2D eigenvalue weighted by Gasteiger charge is 2.32. The van der Waals surface area contributed by atoms with Gasteiger partial charge in [0.25, 0.3) is 0 Å². The Morgan fingerprint density at radius 2 is 1.92 bits per heavy atom. The molecule has 3 fully saturated rings. The molecule has 0 radical (unpaired) electrons. The van der Waals surface area contributed by atoms with Crippen molar-refractivity contribution in [3.63, 3.8) is 0 Å². The first kappa shape index (κ1) is 16.4. The highest BCUT2D eigenvalue weighted by Crippen LogP contribution is 2.29. The van der Waals surface area contributed by atoms with Crippen molar-refractivity contribution in [2.24, 2.45) is 0 Å². The number of nitrogens with zero attached hydrogens (tertiary/aromatic N) is 3. The Balaban J connectivity index is 1.29. The summed E-state index contributed by atoms with van der Waals surface area (Å²) in [5.41, 5.74) is 0. The number of thiophene rings is 1. The summed E-state index contributed by atoms with van der Waals surface area (Å²) in [5, 5.41) is 5.35. The van der Waals surface area contributed by atoms with Crippen LogP contribution in [0.2, 0.25) is 0 Å². The van der Waals surface area contributed by atoms with Crippen molar-refractivity contribution in [3.8, 4) is 0 Å². The maximum atomic E-state index is 12.6. The summed E-state index contributed by atoms with van der Waals surface area (Å²) in [6.45, 7) is 6.85. The number of urea groups is 1. The molecule has 1 unspecified atom stereocenters. The first-order chi connectivity index (χ1) is 11.8. The molecule has 1 N–H and O–H groups in total. The number of piperazine rings is 1. The summed E-state index contributed by atoms with van der Waals surface area (Å²) < 4.78 is 0. The van der Waals surface area contributed by atoms with E-state index in [-0.39, 0.29) is 6.03 Å². The monoisotopic (exact) mass is 348 g/mol. The van der Waals surface area contributed by atoms with E-state index in [1.54, 1.807) is 11.3 Å². The van der Waals surface area contributed by atoms with E-state index >= 15 is 0 Å². The van der Waals surface area contributed by atoms with Crippen LogP contribution in [0.1, 0.15) is 36.6 Å². The van der Waals surface area contributed by atoms with Gasteiger partial charge in [-0.25, -0.2) is 4.79 Å². The van der Waals surface area contributed by atoms with Gasteiger partial charge in [0.15, 0.2) is 0 Å². The molecule has 0 aromatic carbocycles. The van der Waals surface area contributed by atoms with Gasteiger partial charge in [-0.2, -0.15) is 0 Å². The van der Waals surface area contributed by atoms with Crippen molar-refractivity contribution in [1.29, 1.82) is 0 Å². The molecule has 132 valence electrons. The minimum atomic E-state index is 0.117. The summed E-state index contributed by atoms with van der Waals surface area (Å²) in [6, 6.07) is 5.58. The van der Waals surface area contributed by atoms with Crippen molar-refractivity contribution in [3.05, 3.63) is 22.4 Å². The zero-order valence-electron chi connectivity index (χ0n) is 14.3. The third-order valence-electron chi connectivity index (χ3n) is 5.56. The summed E-state index contributed by atoms with van der Waals surface area (Å²) >= 11 is 1.80. The number of hydrogen-bond donors (Lipinski definition) is 1. The third-order valence-corrected chi connectivity index (χ3v) is 6.54. The van der Waals surface area contributed by atoms with Crippen molar-refractivity contribution >= 4 is 17.4 Å². The van der Waals surface area contributed by atoms with Gasteiger partial charge in [0.2, 0.25) is 0 Å². The summed E-state index contributed by atoms with van der Waals surface area (Å²) in [6.07, 6.45) is 5.26. The smallest absolute Gasteiger partial charge is 0.317 e. The van der Waals surface area contributed by atoms with Crippen LogP contribution in [0.3, 0.4) is 0 Å². The highest BCUT2D eigenvalue weighted by atomic mass is 32.1. The molecule has 1 saturated carbocycles. The average Bonchev–Trinajstić information content (AvgIpc) is 3.09. The first-order valence-corrected chi connectivity index (χ1v) is 10.2. The number of carbonyl (C=O) groups excluding carboxylic acids is 1. The maximum absolute atomic E-state index is 12.6. The van der Waals surface area contributed by atoms with Crippen molar-refractivity contribution in [2.45, 2.75) is 37.8 Å². The van der Waals surface area contributed by atoms with E-state index < -0.39 is 0 Å². The van der Waals surface area contributed by atoms with Crippen molar-refractivity contribution in [1.82, 2.24) is 20.0 Å². The van der Waals surface area contributed by atoms with Gasteiger partial charge in [-0.15, -0.1) is 11.3 Å². The second-order valence-corrected chi connectivity index (χ2v) is 8.19. The van der Waals surface area contributed by atoms with E-state index in [0.717, 1.165) is 51.9 Å². The van der Waals surface area contributed by atoms with E-state index in [1.165, 1.54) is 30.6 Å². The molecular formula is C18H28N4OS. The largest absolute Gasteiger partial charge is 0.336 e. The van der Waals surface area contributed by atoms with Crippen LogP contribution in [0.5, 0.6) is 0 Å². The molecular weight excluding hydrogens is 320 g/mol. The molecule has 6 heteroatoms. The maximum Gasteiger partial charge on any atom is 0.317 e. The lowest BCUT2D eigenvalue weighted by atomic mass is 10.2. The van der Waals surface area contributed by atoms with Gasteiger partial charge in [0.05, 0.1) is 6.04 Å². The van der Waals surface area contributed by atoms with Crippen LogP contribution in [0.4, 0.5) is 4.79 Å². The minimum Gasteiger partial charge on any atom is -0.336 e.